The number of thiocarbonyl (C=S) groups is 1. The molecule has 0 unspecified atom stereocenters. The Kier molecular flexibility index (Phi) is 5.13. The molecule has 2 N–H and O–H groups in total. The molecule has 0 amide bonds. The molecule has 0 radical (unpaired) electrons. The highest BCUT2D eigenvalue weighted by Gasteiger charge is 2.11. The average molecular weight is 279 g/mol. The number of morpholine rings is 1. The highest BCUT2D eigenvalue weighted by molar-refractivity contribution is 7.80. The van der Waals surface area contributed by atoms with E-state index in [4.69, 9.17) is 22.7 Å². The van der Waals surface area contributed by atoms with E-state index in [-0.39, 0.29) is 0 Å². The number of benzene rings is 1. The quantitative estimate of drug-likeness (QED) is 0.817. The monoisotopic (exact) mass is 279 g/mol. The lowest BCUT2D eigenvalue weighted by Crippen LogP contribution is -2.40. The second-order valence-corrected chi connectivity index (χ2v) is 5.23. The summed E-state index contributed by atoms with van der Waals surface area (Å²) in [5.74, 6) is 0. The third-order valence-electron chi connectivity index (χ3n) is 3.45. The van der Waals surface area contributed by atoms with Gasteiger partial charge < -0.3 is 15.4 Å². The highest BCUT2D eigenvalue weighted by atomic mass is 32.1. The van der Waals surface area contributed by atoms with Gasteiger partial charge in [-0.2, -0.15) is 0 Å². The van der Waals surface area contributed by atoms with Gasteiger partial charge in [-0.3, -0.25) is 4.90 Å². The van der Waals surface area contributed by atoms with Crippen LogP contribution in [0, 0.1) is 0 Å². The van der Waals surface area contributed by atoms with Gasteiger partial charge in [-0.15, -0.1) is 0 Å². The molecular weight excluding hydrogens is 258 g/mol. The largest absolute Gasteiger partial charge is 0.389 e. The molecule has 104 valence electrons. The van der Waals surface area contributed by atoms with Crippen molar-refractivity contribution in [2.75, 3.05) is 51.3 Å². The van der Waals surface area contributed by atoms with Crippen LogP contribution in [0.15, 0.2) is 24.3 Å². The number of hydrogen-bond donors (Lipinski definition) is 1. The molecule has 0 aliphatic carbocycles. The fourth-order valence-electron chi connectivity index (χ4n) is 2.13. The van der Waals surface area contributed by atoms with E-state index in [1.165, 1.54) is 5.69 Å². The number of anilines is 1. The minimum absolute atomic E-state index is 0.447. The van der Waals surface area contributed by atoms with Gasteiger partial charge in [0.1, 0.15) is 4.99 Å². The van der Waals surface area contributed by atoms with Crippen molar-refractivity contribution in [3.05, 3.63) is 29.8 Å². The van der Waals surface area contributed by atoms with E-state index in [0.717, 1.165) is 45.0 Å². The van der Waals surface area contributed by atoms with Crippen molar-refractivity contribution in [1.29, 1.82) is 0 Å². The average Bonchev–Trinajstić information content (AvgIpc) is 2.46. The Morgan fingerprint density at radius 2 is 1.95 bits per heavy atom. The Labute approximate surface area is 120 Å². The van der Waals surface area contributed by atoms with Crippen LogP contribution in [0.4, 0.5) is 5.69 Å². The summed E-state index contributed by atoms with van der Waals surface area (Å²) in [6.07, 6.45) is 0. The van der Waals surface area contributed by atoms with Crippen LogP contribution in [0.5, 0.6) is 0 Å². The number of rotatable bonds is 5. The number of hydrogen-bond acceptors (Lipinski definition) is 4. The summed E-state index contributed by atoms with van der Waals surface area (Å²) in [5.41, 5.74) is 7.70. The summed E-state index contributed by atoms with van der Waals surface area (Å²) in [7, 11) is 2.11. The molecule has 4 nitrogen and oxygen atoms in total. The second-order valence-electron chi connectivity index (χ2n) is 4.79. The van der Waals surface area contributed by atoms with Crippen LogP contribution in [0.1, 0.15) is 5.56 Å². The van der Waals surface area contributed by atoms with Crippen molar-refractivity contribution >= 4 is 22.9 Å². The number of nitrogens with zero attached hydrogens (tertiary/aromatic N) is 2. The maximum absolute atomic E-state index is 5.60. The van der Waals surface area contributed by atoms with E-state index in [1.807, 2.05) is 12.1 Å². The zero-order valence-corrected chi connectivity index (χ0v) is 12.2. The van der Waals surface area contributed by atoms with Gasteiger partial charge in [-0.25, -0.2) is 0 Å². The van der Waals surface area contributed by atoms with E-state index in [2.05, 4.69) is 29.0 Å². The van der Waals surface area contributed by atoms with Gasteiger partial charge >= 0.3 is 0 Å². The molecule has 0 spiro atoms. The van der Waals surface area contributed by atoms with Gasteiger partial charge in [0.15, 0.2) is 0 Å². The Morgan fingerprint density at radius 3 is 2.53 bits per heavy atom. The summed E-state index contributed by atoms with van der Waals surface area (Å²) in [4.78, 5) is 5.13. The third kappa shape index (κ3) is 4.16. The van der Waals surface area contributed by atoms with Crippen molar-refractivity contribution < 1.29 is 4.74 Å². The zero-order chi connectivity index (χ0) is 13.7. The number of likely N-dealkylation sites (N-methyl/N-ethyl adjacent to an activating group) is 1. The summed E-state index contributed by atoms with van der Waals surface area (Å²) in [6.45, 7) is 5.85. The van der Waals surface area contributed by atoms with E-state index >= 15 is 0 Å². The first-order valence-corrected chi connectivity index (χ1v) is 6.99. The molecule has 1 fully saturated rings. The SMILES string of the molecule is CN(CCN1CCOCC1)c1ccc(C(N)=S)cc1. The van der Waals surface area contributed by atoms with Crippen molar-refractivity contribution in [1.82, 2.24) is 4.90 Å². The smallest absolute Gasteiger partial charge is 0.103 e. The molecule has 1 saturated heterocycles. The lowest BCUT2D eigenvalue weighted by molar-refractivity contribution is 0.0393. The van der Waals surface area contributed by atoms with Crippen LogP contribution in [-0.2, 0) is 4.74 Å². The Hall–Kier alpha value is -1.17. The molecule has 0 saturated carbocycles. The van der Waals surface area contributed by atoms with Gasteiger partial charge in [-0.05, 0) is 24.3 Å². The molecule has 0 aromatic heterocycles. The van der Waals surface area contributed by atoms with E-state index in [9.17, 15) is 0 Å². The van der Waals surface area contributed by atoms with Crippen LogP contribution in [-0.4, -0.2) is 56.3 Å². The van der Waals surface area contributed by atoms with Gasteiger partial charge in [0, 0.05) is 44.5 Å². The Bertz CT molecular complexity index is 415. The standard InChI is InChI=1S/C14H21N3OS/c1-16(6-7-17-8-10-18-11-9-17)13-4-2-12(3-5-13)14(15)19/h2-5H,6-11H2,1H3,(H2,15,19). The normalized spacial score (nSPS) is 16.3. The molecule has 0 bridgehead atoms. The Morgan fingerprint density at radius 1 is 1.32 bits per heavy atom. The van der Waals surface area contributed by atoms with Crippen LogP contribution in [0.25, 0.3) is 0 Å². The minimum atomic E-state index is 0.447. The summed E-state index contributed by atoms with van der Waals surface area (Å²) >= 11 is 4.95. The van der Waals surface area contributed by atoms with Crippen LogP contribution in [0.2, 0.25) is 0 Å². The predicted octanol–water partition coefficient (Wildman–Crippen LogP) is 1.09. The van der Waals surface area contributed by atoms with E-state index in [1.54, 1.807) is 0 Å². The predicted molar refractivity (Wildman–Crippen MR) is 82.9 cm³/mol. The van der Waals surface area contributed by atoms with E-state index in [0.29, 0.717) is 4.99 Å². The highest BCUT2D eigenvalue weighted by Crippen LogP contribution is 2.13. The Balaban J connectivity index is 1.84. The lowest BCUT2D eigenvalue weighted by atomic mass is 10.2. The molecule has 1 heterocycles. The van der Waals surface area contributed by atoms with E-state index < -0.39 is 0 Å². The van der Waals surface area contributed by atoms with Crippen LogP contribution in [0.3, 0.4) is 0 Å². The van der Waals surface area contributed by atoms with Crippen molar-refractivity contribution in [2.24, 2.45) is 5.73 Å². The summed E-state index contributed by atoms with van der Waals surface area (Å²) in [6, 6.07) is 8.08. The zero-order valence-electron chi connectivity index (χ0n) is 11.3. The number of nitrogens with two attached hydrogens (primary N) is 1. The fraction of sp³-hybridized carbons (Fsp3) is 0.500. The first-order valence-electron chi connectivity index (χ1n) is 6.58. The van der Waals surface area contributed by atoms with Crippen molar-refractivity contribution in [3.63, 3.8) is 0 Å². The first-order chi connectivity index (χ1) is 9.16. The van der Waals surface area contributed by atoms with Crippen molar-refractivity contribution in [3.8, 4) is 0 Å². The first kappa shape index (κ1) is 14.2. The maximum Gasteiger partial charge on any atom is 0.103 e. The van der Waals surface area contributed by atoms with Gasteiger partial charge in [-0.1, -0.05) is 12.2 Å². The third-order valence-corrected chi connectivity index (χ3v) is 3.68. The molecule has 0 atom stereocenters. The van der Waals surface area contributed by atoms with Crippen LogP contribution < -0.4 is 10.6 Å². The molecule has 1 aromatic carbocycles. The summed E-state index contributed by atoms with van der Waals surface area (Å²) < 4.78 is 5.35. The topological polar surface area (TPSA) is 41.7 Å². The van der Waals surface area contributed by atoms with Gasteiger partial charge in [0.25, 0.3) is 0 Å². The summed E-state index contributed by atoms with van der Waals surface area (Å²) in [5, 5.41) is 0. The second kappa shape index (κ2) is 6.84. The molecular formula is C14H21N3OS. The van der Waals surface area contributed by atoms with Gasteiger partial charge in [0.05, 0.1) is 13.2 Å². The molecule has 19 heavy (non-hydrogen) atoms. The molecule has 1 aromatic rings. The lowest BCUT2D eigenvalue weighted by Gasteiger charge is -2.29. The van der Waals surface area contributed by atoms with Gasteiger partial charge in [0.2, 0.25) is 0 Å². The fourth-order valence-corrected chi connectivity index (χ4v) is 2.26. The number of ether oxygens (including phenoxy) is 1. The molecule has 1 aliphatic heterocycles. The van der Waals surface area contributed by atoms with Crippen LogP contribution >= 0.6 is 12.2 Å². The molecule has 5 heteroatoms. The molecule has 2 rings (SSSR count). The maximum atomic E-state index is 5.60. The minimum Gasteiger partial charge on any atom is -0.389 e. The van der Waals surface area contributed by atoms with Crippen molar-refractivity contribution in [2.45, 2.75) is 0 Å². The molecule has 1 aliphatic rings.